The van der Waals surface area contributed by atoms with E-state index in [4.69, 9.17) is 6.42 Å². The molecule has 1 aliphatic carbocycles. The number of fused-ring (bicyclic) bond motifs is 1. The number of para-hydroxylation sites is 1. The van der Waals surface area contributed by atoms with Crippen molar-refractivity contribution >= 4 is 27.5 Å². The Bertz CT molecular complexity index is 801. The molecular weight excluding hydrogens is 292 g/mol. The lowest BCUT2D eigenvalue weighted by atomic mass is 9.89. The maximum atomic E-state index is 12.5. The summed E-state index contributed by atoms with van der Waals surface area (Å²) in [4.78, 5) is 17.6. The normalized spacial score (nSPS) is 16.8. The van der Waals surface area contributed by atoms with Crippen molar-refractivity contribution in [3.63, 3.8) is 0 Å². The molecule has 1 saturated carbocycles. The zero-order valence-electron chi connectivity index (χ0n) is 12.8. The smallest absolute Gasteiger partial charge is 0.251 e. The van der Waals surface area contributed by atoms with E-state index in [9.17, 15) is 4.79 Å². The summed E-state index contributed by atoms with van der Waals surface area (Å²) in [7, 11) is 0. The monoisotopic (exact) mass is 312 g/mol. The van der Waals surface area contributed by atoms with Crippen LogP contribution in [-0.4, -0.2) is 10.5 Å². The minimum Gasteiger partial charge on any atom is -0.304 e. The lowest BCUT2D eigenvalue weighted by molar-refractivity contribution is -0.122. The van der Waals surface area contributed by atoms with E-state index in [2.05, 4.69) is 30.0 Å². The number of nitrogens with zero attached hydrogens (tertiary/aromatic N) is 2. The van der Waals surface area contributed by atoms with Gasteiger partial charge in [0.25, 0.3) is 5.91 Å². The highest BCUT2D eigenvalue weighted by Gasteiger charge is 2.21. The molecule has 0 N–H and O–H groups in total. The number of terminal acetylenes is 1. The Morgan fingerprint density at radius 1 is 1.41 bits per heavy atom. The molecule has 0 aliphatic heterocycles. The van der Waals surface area contributed by atoms with Crippen LogP contribution in [0.1, 0.15) is 37.7 Å². The highest BCUT2D eigenvalue weighted by molar-refractivity contribution is 7.16. The number of hydrogen-bond donors (Lipinski definition) is 0. The molecule has 3 nitrogen and oxygen atoms in total. The fourth-order valence-electron chi connectivity index (χ4n) is 3.17. The number of rotatable bonds is 2. The van der Waals surface area contributed by atoms with Crippen molar-refractivity contribution in [2.45, 2.75) is 45.6 Å². The molecule has 1 aromatic heterocycles. The van der Waals surface area contributed by atoms with Gasteiger partial charge in [-0.3, -0.25) is 4.79 Å². The van der Waals surface area contributed by atoms with Crippen molar-refractivity contribution in [2.75, 3.05) is 0 Å². The molecule has 4 heteroatoms. The predicted molar refractivity (Wildman–Crippen MR) is 90.5 cm³/mol. The summed E-state index contributed by atoms with van der Waals surface area (Å²) in [6.45, 7) is 2.51. The van der Waals surface area contributed by atoms with Crippen LogP contribution in [0.2, 0.25) is 0 Å². The Balaban J connectivity index is 2.07. The van der Waals surface area contributed by atoms with Gasteiger partial charge in [-0.15, -0.1) is 6.42 Å². The number of benzene rings is 1. The van der Waals surface area contributed by atoms with Crippen molar-refractivity contribution in [3.8, 4) is 12.3 Å². The minimum absolute atomic E-state index is 0.0229. The lowest BCUT2D eigenvalue weighted by Gasteiger charge is -2.17. The molecule has 1 fully saturated rings. The highest BCUT2D eigenvalue weighted by Crippen LogP contribution is 2.25. The van der Waals surface area contributed by atoms with Crippen LogP contribution in [0.3, 0.4) is 0 Å². The van der Waals surface area contributed by atoms with Crippen LogP contribution >= 0.6 is 11.3 Å². The molecule has 1 aliphatic rings. The molecule has 0 saturated heterocycles. The third-order valence-electron chi connectivity index (χ3n) is 4.31. The van der Waals surface area contributed by atoms with Crippen LogP contribution in [0.15, 0.2) is 23.2 Å². The van der Waals surface area contributed by atoms with Crippen LogP contribution in [-0.2, 0) is 11.3 Å². The second kappa shape index (κ2) is 6.50. The third-order valence-corrected chi connectivity index (χ3v) is 5.36. The number of thiazole rings is 1. The van der Waals surface area contributed by atoms with E-state index in [1.54, 1.807) is 11.3 Å². The third kappa shape index (κ3) is 2.86. The summed E-state index contributed by atoms with van der Waals surface area (Å²) in [5.41, 5.74) is 2.26. The van der Waals surface area contributed by atoms with E-state index in [0.29, 0.717) is 6.54 Å². The van der Waals surface area contributed by atoms with Crippen LogP contribution in [0.4, 0.5) is 0 Å². The number of hydrogen-bond acceptors (Lipinski definition) is 2. The maximum absolute atomic E-state index is 12.5. The molecule has 1 heterocycles. The summed E-state index contributed by atoms with van der Waals surface area (Å²) in [5.74, 6) is 2.80. The first-order valence-corrected chi connectivity index (χ1v) is 8.63. The second-order valence-corrected chi connectivity index (χ2v) is 6.89. The minimum atomic E-state index is 0.0229. The van der Waals surface area contributed by atoms with Crippen molar-refractivity contribution in [2.24, 2.45) is 10.9 Å². The van der Waals surface area contributed by atoms with Gasteiger partial charge in [0.2, 0.25) is 0 Å². The van der Waals surface area contributed by atoms with Gasteiger partial charge in [-0.2, -0.15) is 4.99 Å². The largest absolute Gasteiger partial charge is 0.304 e. The number of aromatic nitrogens is 1. The molecule has 22 heavy (non-hydrogen) atoms. The van der Waals surface area contributed by atoms with E-state index >= 15 is 0 Å². The topological polar surface area (TPSA) is 34.4 Å². The van der Waals surface area contributed by atoms with Gasteiger partial charge in [-0.25, -0.2) is 0 Å². The number of carbonyl (C=O) groups is 1. The Labute approximate surface area is 134 Å². The van der Waals surface area contributed by atoms with Gasteiger partial charge in [-0.1, -0.05) is 48.7 Å². The average Bonchev–Trinajstić information content (AvgIpc) is 2.87. The quantitative estimate of drug-likeness (QED) is 0.779. The molecular formula is C18H20N2OS. The van der Waals surface area contributed by atoms with Gasteiger partial charge >= 0.3 is 0 Å². The molecule has 0 unspecified atom stereocenters. The van der Waals surface area contributed by atoms with Crippen molar-refractivity contribution in [1.82, 2.24) is 4.57 Å². The summed E-state index contributed by atoms with van der Waals surface area (Å²) in [6, 6.07) is 6.15. The molecule has 0 radical (unpaired) electrons. The molecule has 114 valence electrons. The van der Waals surface area contributed by atoms with E-state index in [1.165, 1.54) is 6.42 Å². The van der Waals surface area contributed by atoms with E-state index in [-0.39, 0.29) is 11.8 Å². The second-order valence-electron chi connectivity index (χ2n) is 5.88. The molecule has 0 atom stereocenters. The van der Waals surface area contributed by atoms with Crippen LogP contribution in [0, 0.1) is 25.2 Å². The van der Waals surface area contributed by atoms with Gasteiger partial charge in [0.15, 0.2) is 4.80 Å². The first-order valence-electron chi connectivity index (χ1n) is 7.81. The Kier molecular flexibility index (Phi) is 4.44. The Morgan fingerprint density at radius 3 is 2.91 bits per heavy atom. The van der Waals surface area contributed by atoms with Crippen molar-refractivity contribution < 1.29 is 4.79 Å². The summed E-state index contributed by atoms with van der Waals surface area (Å²) in [6.07, 6.45) is 11.0. The van der Waals surface area contributed by atoms with E-state index in [0.717, 1.165) is 46.3 Å². The van der Waals surface area contributed by atoms with Crippen LogP contribution in [0.25, 0.3) is 10.2 Å². The van der Waals surface area contributed by atoms with Crippen molar-refractivity contribution in [1.29, 1.82) is 0 Å². The lowest BCUT2D eigenvalue weighted by Crippen LogP contribution is -2.22. The van der Waals surface area contributed by atoms with Gasteiger partial charge < -0.3 is 4.57 Å². The predicted octanol–water partition coefficient (Wildman–Crippen LogP) is 3.65. The van der Waals surface area contributed by atoms with Crippen LogP contribution in [0.5, 0.6) is 0 Å². The fourth-order valence-corrected chi connectivity index (χ4v) is 4.28. The number of amides is 1. The standard InChI is InChI=1S/C18H20N2OS/c1-3-12-20-16-13(2)8-7-11-15(16)22-18(20)19-17(21)14-9-5-4-6-10-14/h1,7-8,11,14H,4-6,9-10,12H2,2H3. The summed E-state index contributed by atoms with van der Waals surface area (Å²) in [5, 5.41) is 0. The fraction of sp³-hybridized carbons (Fsp3) is 0.444. The van der Waals surface area contributed by atoms with Crippen molar-refractivity contribution in [3.05, 3.63) is 28.6 Å². The summed E-state index contributed by atoms with van der Waals surface area (Å²) < 4.78 is 3.13. The first kappa shape index (κ1) is 15.1. The summed E-state index contributed by atoms with van der Waals surface area (Å²) >= 11 is 1.55. The maximum Gasteiger partial charge on any atom is 0.251 e. The molecule has 0 bridgehead atoms. The Hall–Kier alpha value is -1.86. The first-order chi connectivity index (χ1) is 10.7. The Morgan fingerprint density at radius 2 is 2.18 bits per heavy atom. The molecule has 3 rings (SSSR count). The van der Waals surface area contributed by atoms with Gasteiger partial charge in [0.1, 0.15) is 0 Å². The SMILES string of the molecule is C#CCn1c(=NC(=O)C2CCCCC2)sc2cccc(C)c21. The van der Waals surface area contributed by atoms with Gasteiger partial charge in [0.05, 0.1) is 16.8 Å². The zero-order chi connectivity index (χ0) is 15.5. The number of aryl methyl sites for hydroxylation is 1. The molecule has 0 spiro atoms. The van der Waals surface area contributed by atoms with E-state index in [1.807, 2.05) is 10.6 Å². The molecule has 1 amide bonds. The molecule has 1 aromatic carbocycles. The highest BCUT2D eigenvalue weighted by atomic mass is 32.1. The van der Waals surface area contributed by atoms with Crippen LogP contribution < -0.4 is 4.80 Å². The average molecular weight is 312 g/mol. The number of carbonyl (C=O) groups excluding carboxylic acids is 1. The zero-order valence-corrected chi connectivity index (χ0v) is 13.7. The van der Waals surface area contributed by atoms with Gasteiger partial charge in [-0.05, 0) is 31.4 Å². The van der Waals surface area contributed by atoms with E-state index < -0.39 is 0 Å². The van der Waals surface area contributed by atoms with Gasteiger partial charge in [0, 0.05) is 5.92 Å². The molecule has 2 aromatic rings.